The molecule has 0 radical (unpaired) electrons. The van der Waals surface area contributed by atoms with Crippen molar-refractivity contribution >= 4 is 0 Å². The summed E-state index contributed by atoms with van der Waals surface area (Å²) < 4.78 is 5.00. The minimum atomic E-state index is 0.701. The van der Waals surface area contributed by atoms with Gasteiger partial charge in [-0.15, -0.1) is 0 Å². The fourth-order valence-electron chi connectivity index (χ4n) is 1.02. The predicted octanol–water partition coefficient (Wildman–Crippen LogP) is 1.96. The summed E-state index contributed by atoms with van der Waals surface area (Å²) in [6, 6.07) is 3.92. The number of hydrogen-bond donors (Lipinski definition) is 0. The van der Waals surface area contributed by atoms with Gasteiger partial charge in [0.25, 0.3) is 0 Å². The summed E-state index contributed by atoms with van der Waals surface area (Å²) in [7, 11) is 1.64. The van der Waals surface area contributed by atoms with E-state index in [4.69, 9.17) is 4.74 Å². The Morgan fingerprint density at radius 3 is 2.73 bits per heavy atom. The van der Waals surface area contributed by atoms with Gasteiger partial charge >= 0.3 is 0 Å². The second-order valence-corrected chi connectivity index (χ2v) is 2.47. The zero-order valence-electron chi connectivity index (χ0n) is 7.22. The van der Waals surface area contributed by atoms with Crippen molar-refractivity contribution in [2.45, 2.75) is 20.3 Å². The zero-order valence-corrected chi connectivity index (χ0v) is 7.22. The quantitative estimate of drug-likeness (QED) is 0.644. The van der Waals surface area contributed by atoms with Crippen molar-refractivity contribution in [3.8, 4) is 5.88 Å². The Bertz CT molecular complexity index is 245. The van der Waals surface area contributed by atoms with Crippen molar-refractivity contribution in [2.24, 2.45) is 0 Å². The van der Waals surface area contributed by atoms with E-state index in [0.717, 1.165) is 12.1 Å². The highest BCUT2D eigenvalue weighted by molar-refractivity contribution is 5.24. The Hall–Kier alpha value is -1.05. The Balaban J connectivity index is 3.02. The lowest BCUT2D eigenvalue weighted by Gasteiger charge is -2.03. The first-order valence-corrected chi connectivity index (χ1v) is 3.78. The van der Waals surface area contributed by atoms with Gasteiger partial charge in [0.05, 0.1) is 7.11 Å². The molecule has 0 amide bonds. The third-order valence-electron chi connectivity index (χ3n) is 1.72. The molecule has 0 saturated heterocycles. The van der Waals surface area contributed by atoms with Gasteiger partial charge in [0, 0.05) is 11.8 Å². The van der Waals surface area contributed by atoms with Crippen LogP contribution in [0.25, 0.3) is 0 Å². The van der Waals surface area contributed by atoms with Gasteiger partial charge in [0.2, 0.25) is 5.88 Å². The fraction of sp³-hybridized carbons (Fsp3) is 0.444. The molecule has 0 aliphatic rings. The SMILES string of the molecule is CCc1nc(OC)ccc1C. The minimum Gasteiger partial charge on any atom is -0.481 e. The van der Waals surface area contributed by atoms with E-state index in [9.17, 15) is 0 Å². The smallest absolute Gasteiger partial charge is 0.213 e. The molecule has 0 fully saturated rings. The molecule has 0 bridgehead atoms. The number of aryl methyl sites for hydroxylation is 2. The molecule has 0 aliphatic heterocycles. The Kier molecular flexibility index (Phi) is 2.47. The van der Waals surface area contributed by atoms with Crippen LogP contribution in [0.4, 0.5) is 0 Å². The van der Waals surface area contributed by atoms with Crippen LogP contribution in [0.1, 0.15) is 18.2 Å². The lowest BCUT2D eigenvalue weighted by atomic mass is 10.2. The first-order chi connectivity index (χ1) is 5.27. The highest BCUT2D eigenvalue weighted by Crippen LogP contribution is 2.11. The van der Waals surface area contributed by atoms with E-state index in [2.05, 4.69) is 18.8 Å². The lowest BCUT2D eigenvalue weighted by molar-refractivity contribution is 0.396. The van der Waals surface area contributed by atoms with E-state index in [-0.39, 0.29) is 0 Å². The molecule has 11 heavy (non-hydrogen) atoms. The van der Waals surface area contributed by atoms with Crippen LogP contribution in [-0.2, 0) is 6.42 Å². The lowest BCUT2D eigenvalue weighted by Crippen LogP contribution is -1.94. The van der Waals surface area contributed by atoms with Crippen molar-refractivity contribution in [3.63, 3.8) is 0 Å². The first-order valence-electron chi connectivity index (χ1n) is 3.78. The molecule has 0 atom stereocenters. The van der Waals surface area contributed by atoms with Crippen molar-refractivity contribution in [2.75, 3.05) is 7.11 Å². The van der Waals surface area contributed by atoms with E-state index >= 15 is 0 Å². The van der Waals surface area contributed by atoms with Crippen molar-refractivity contribution in [3.05, 3.63) is 23.4 Å². The summed E-state index contributed by atoms with van der Waals surface area (Å²) in [5.74, 6) is 0.701. The summed E-state index contributed by atoms with van der Waals surface area (Å²) in [6.07, 6.45) is 0.961. The number of ether oxygens (including phenoxy) is 1. The molecule has 1 heterocycles. The molecule has 2 nitrogen and oxygen atoms in total. The largest absolute Gasteiger partial charge is 0.481 e. The van der Waals surface area contributed by atoms with Crippen LogP contribution in [0.2, 0.25) is 0 Å². The topological polar surface area (TPSA) is 22.1 Å². The number of pyridine rings is 1. The average Bonchev–Trinajstić information content (AvgIpc) is 2.05. The van der Waals surface area contributed by atoms with Crippen LogP contribution in [0, 0.1) is 6.92 Å². The number of aromatic nitrogens is 1. The Morgan fingerprint density at radius 1 is 1.45 bits per heavy atom. The summed E-state index contributed by atoms with van der Waals surface area (Å²) in [5, 5.41) is 0. The van der Waals surface area contributed by atoms with Crippen LogP contribution in [-0.4, -0.2) is 12.1 Å². The van der Waals surface area contributed by atoms with Crippen molar-refractivity contribution in [1.29, 1.82) is 0 Å². The second kappa shape index (κ2) is 3.37. The highest BCUT2D eigenvalue weighted by Gasteiger charge is 1.98. The zero-order chi connectivity index (χ0) is 8.27. The third kappa shape index (κ3) is 1.70. The van der Waals surface area contributed by atoms with Gasteiger partial charge in [0.15, 0.2) is 0 Å². The number of rotatable bonds is 2. The molecule has 1 rings (SSSR count). The third-order valence-corrected chi connectivity index (χ3v) is 1.72. The van der Waals surface area contributed by atoms with Crippen LogP contribution in [0.3, 0.4) is 0 Å². The average molecular weight is 151 g/mol. The maximum atomic E-state index is 5.00. The van der Waals surface area contributed by atoms with E-state index in [1.807, 2.05) is 12.1 Å². The fourth-order valence-corrected chi connectivity index (χ4v) is 1.02. The maximum absolute atomic E-state index is 5.00. The Morgan fingerprint density at radius 2 is 2.18 bits per heavy atom. The standard InChI is InChI=1S/C9H13NO/c1-4-8-7(2)5-6-9(10-8)11-3/h5-6H,4H2,1-3H3. The molecular weight excluding hydrogens is 138 g/mol. The Labute approximate surface area is 67.2 Å². The van der Waals surface area contributed by atoms with Crippen LogP contribution in [0.5, 0.6) is 5.88 Å². The van der Waals surface area contributed by atoms with Crippen LogP contribution >= 0.6 is 0 Å². The van der Waals surface area contributed by atoms with E-state index in [1.165, 1.54) is 5.56 Å². The normalized spacial score (nSPS) is 9.73. The molecule has 60 valence electrons. The van der Waals surface area contributed by atoms with Gasteiger partial charge in [-0.05, 0) is 18.9 Å². The summed E-state index contributed by atoms with van der Waals surface area (Å²) in [6.45, 7) is 4.15. The van der Waals surface area contributed by atoms with Gasteiger partial charge in [-0.3, -0.25) is 0 Å². The monoisotopic (exact) mass is 151 g/mol. The summed E-state index contributed by atoms with van der Waals surface area (Å²) >= 11 is 0. The number of nitrogens with zero attached hydrogens (tertiary/aromatic N) is 1. The van der Waals surface area contributed by atoms with E-state index in [0.29, 0.717) is 5.88 Å². The van der Waals surface area contributed by atoms with E-state index in [1.54, 1.807) is 7.11 Å². The molecule has 1 aromatic heterocycles. The second-order valence-electron chi connectivity index (χ2n) is 2.47. The van der Waals surface area contributed by atoms with Crippen molar-refractivity contribution in [1.82, 2.24) is 4.98 Å². The molecule has 0 aliphatic carbocycles. The predicted molar refractivity (Wildman–Crippen MR) is 44.9 cm³/mol. The summed E-state index contributed by atoms with van der Waals surface area (Å²) in [4.78, 5) is 4.29. The number of methoxy groups -OCH3 is 1. The van der Waals surface area contributed by atoms with Gasteiger partial charge in [-0.25, -0.2) is 4.98 Å². The first kappa shape index (κ1) is 8.05. The molecule has 0 unspecified atom stereocenters. The van der Waals surface area contributed by atoms with Gasteiger partial charge < -0.3 is 4.74 Å². The van der Waals surface area contributed by atoms with Gasteiger partial charge in [-0.1, -0.05) is 13.0 Å². The molecule has 0 aromatic carbocycles. The summed E-state index contributed by atoms with van der Waals surface area (Å²) in [5.41, 5.74) is 2.35. The van der Waals surface area contributed by atoms with Gasteiger partial charge in [0.1, 0.15) is 0 Å². The molecular formula is C9H13NO. The van der Waals surface area contributed by atoms with Gasteiger partial charge in [-0.2, -0.15) is 0 Å². The highest BCUT2D eigenvalue weighted by atomic mass is 16.5. The number of hydrogen-bond acceptors (Lipinski definition) is 2. The molecule has 2 heteroatoms. The maximum Gasteiger partial charge on any atom is 0.213 e. The van der Waals surface area contributed by atoms with Crippen LogP contribution < -0.4 is 4.74 Å². The molecule has 1 aromatic rings. The van der Waals surface area contributed by atoms with Crippen molar-refractivity contribution < 1.29 is 4.74 Å². The van der Waals surface area contributed by atoms with Crippen LogP contribution in [0.15, 0.2) is 12.1 Å². The van der Waals surface area contributed by atoms with E-state index < -0.39 is 0 Å². The molecule has 0 N–H and O–H groups in total. The minimum absolute atomic E-state index is 0.701. The molecule has 0 saturated carbocycles. The molecule has 0 spiro atoms.